The van der Waals surface area contributed by atoms with Crippen molar-refractivity contribution < 1.29 is 78.0 Å². The molecule has 0 aromatic heterocycles. The van der Waals surface area contributed by atoms with Gasteiger partial charge in [0, 0.05) is 0 Å². The molecule has 0 aromatic rings. The van der Waals surface area contributed by atoms with E-state index in [1.807, 2.05) is 0 Å². The van der Waals surface area contributed by atoms with Crippen molar-refractivity contribution in [3.05, 3.63) is 11.6 Å². The first-order chi connectivity index (χ1) is 4.04. The molecule has 0 rings (SSSR count). The average molecular weight is 215 g/mol. The standard InChI is InChI=1S/C5H5O4.Rb/c1-3(5(8)9)2-4(6)7;/h1H3,(H,6,7)(H,8,9);/q-1;+1. The molecule has 0 heterocycles. The molecule has 0 aromatic carbocycles. The van der Waals surface area contributed by atoms with Crippen molar-refractivity contribution in [1.82, 2.24) is 0 Å². The van der Waals surface area contributed by atoms with Gasteiger partial charge >= 0.3 is 58.2 Å². The predicted octanol–water partition coefficient (Wildman–Crippen LogP) is -3.09. The fourth-order valence-electron chi connectivity index (χ4n) is 0.214. The van der Waals surface area contributed by atoms with E-state index in [2.05, 4.69) is 0 Å². The molecule has 0 saturated carbocycles. The van der Waals surface area contributed by atoms with Crippen molar-refractivity contribution in [2.75, 3.05) is 0 Å². The van der Waals surface area contributed by atoms with Crippen LogP contribution in [-0.2, 0) is 9.59 Å². The Morgan fingerprint density at radius 1 is 1.30 bits per heavy atom. The van der Waals surface area contributed by atoms with Crippen LogP contribution in [0.1, 0.15) is 6.92 Å². The zero-order chi connectivity index (χ0) is 7.44. The van der Waals surface area contributed by atoms with Gasteiger partial charge in [-0.3, -0.25) is 4.79 Å². The molecule has 0 aliphatic heterocycles. The molecule has 0 aliphatic carbocycles. The summed E-state index contributed by atoms with van der Waals surface area (Å²) in [5.74, 6) is -2.63. The number of aliphatic carboxylic acids is 2. The van der Waals surface area contributed by atoms with Gasteiger partial charge in [-0.15, -0.1) is 5.57 Å². The maximum absolute atomic E-state index is 9.87. The Morgan fingerprint density at radius 2 is 1.70 bits per heavy atom. The average Bonchev–Trinajstić information content (AvgIpc) is 1.63. The minimum absolute atomic E-state index is 0. The molecule has 10 heavy (non-hydrogen) atoms. The van der Waals surface area contributed by atoms with Crippen molar-refractivity contribution >= 4 is 11.9 Å². The third-order valence-electron chi connectivity index (χ3n) is 0.615. The van der Waals surface area contributed by atoms with E-state index < -0.39 is 11.9 Å². The van der Waals surface area contributed by atoms with Gasteiger partial charge in [-0.1, -0.05) is 6.92 Å². The Balaban J connectivity index is 0. The van der Waals surface area contributed by atoms with E-state index in [0.717, 1.165) is 6.92 Å². The molecule has 0 radical (unpaired) electrons. The zero-order valence-electron chi connectivity index (χ0n) is 5.71. The van der Waals surface area contributed by atoms with Gasteiger partial charge in [-0.2, -0.15) is 6.08 Å². The van der Waals surface area contributed by atoms with Crippen LogP contribution < -0.4 is 58.2 Å². The van der Waals surface area contributed by atoms with Gasteiger partial charge in [-0.05, 0) is 0 Å². The Morgan fingerprint density at radius 3 is 1.80 bits per heavy atom. The molecule has 0 spiro atoms. The van der Waals surface area contributed by atoms with Crippen LogP contribution in [-0.4, -0.2) is 22.2 Å². The number of rotatable bonds is 2. The summed E-state index contributed by atoms with van der Waals surface area (Å²) in [7, 11) is 0. The molecule has 0 atom stereocenters. The number of hydrogen-bond acceptors (Lipinski definition) is 2. The predicted molar refractivity (Wildman–Crippen MR) is 27.7 cm³/mol. The van der Waals surface area contributed by atoms with Crippen LogP contribution in [0.2, 0.25) is 0 Å². The summed E-state index contributed by atoms with van der Waals surface area (Å²) in [5.41, 5.74) is -0.303. The monoisotopic (exact) mass is 214 g/mol. The van der Waals surface area contributed by atoms with E-state index in [-0.39, 0.29) is 63.8 Å². The third-order valence-corrected chi connectivity index (χ3v) is 0.615. The molecule has 0 unspecified atom stereocenters. The molecule has 0 amide bonds. The van der Waals surface area contributed by atoms with E-state index >= 15 is 0 Å². The van der Waals surface area contributed by atoms with E-state index in [0.29, 0.717) is 0 Å². The van der Waals surface area contributed by atoms with Crippen molar-refractivity contribution in [3.63, 3.8) is 0 Å². The summed E-state index contributed by atoms with van der Waals surface area (Å²) in [6.07, 6.45) is 1.68. The maximum Gasteiger partial charge on any atom is 1.00 e. The van der Waals surface area contributed by atoms with Gasteiger partial charge in [0.2, 0.25) is 5.97 Å². The second-order valence-electron chi connectivity index (χ2n) is 1.36. The molecular formula is C5H5O4Rb. The van der Waals surface area contributed by atoms with Crippen LogP contribution >= 0.6 is 0 Å². The molecule has 2 N–H and O–H groups in total. The topological polar surface area (TPSA) is 74.6 Å². The second kappa shape index (κ2) is 6.21. The molecule has 50 valence electrons. The van der Waals surface area contributed by atoms with Gasteiger partial charge in [0.15, 0.2) is 5.97 Å². The van der Waals surface area contributed by atoms with Crippen LogP contribution in [0.15, 0.2) is 5.57 Å². The Hall–Kier alpha value is 0.485. The van der Waals surface area contributed by atoms with Crippen molar-refractivity contribution in [2.45, 2.75) is 6.92 Å². The third kappa shape index (κ3) is 6.60. The van der Waals surface area contributed by atoms with Crippen molar-refractivity contribution in [3.8, 4) is 0 Å². The fraction of sp³-hybridized carbons (Fsp3) is 0.200. The number of carbonyl (C=O) groups is 2. The molecule has 4 nitrogen and oxygen atoms in total. The summed E-state index contributed by atoms with van der Waals surface area (Å²) in [6, 6.07) is 0. The van der Waals surface area contributed by atoms with E-state index in [4.69, 9.17) is 10.2 Å². The van der Waals surface area contributed by atoms with Gasteiger partial charge in [0.1, 0.15) is 0 Å². The van der Waals surface area contributed by atoms with Gasteiger partial charge < -0.3 is 15.0 Å². The molecule has 0 saturated heterocycles. The Bertz CT molecular complexity index is 172. The van der Waals surface area contributed by atoms with Crippen molar-refractivity contribution in [2.24, 2.45) is 0 Å². The fourth-order valence-corrected chi connectivity index (χ4v) is 0.214. The van der Waals surface area contributed by atoms with E-state index in [1.165, 1.54) is 0 Å². The Kier molecular flexibility index (Phi) is 8.14. The van der Waals surface area contributed by atoms with E-state index in [1.54, 1.807) is 6.08 Å². The second-order valence-corrected chi connectivity index (χ2v) is 1.36. The quantitative estimate of drug-likeness (QED) is 0.377. The number of carboxylic acid groups (broad SMARTS) is 2. The largest absolute Gasteiger partial charge is 1.00 e. The summed E-state index contributed by atoms with van der Waals surface area (Å²) >= 11 is 0. The van der Waals surface area contributed by atoms with Crippen LogP contribution in [0, 0.1) is 6.08 Å². The number of hydrogen-bond donors (Lipinski definition) is 2. The maximum atomic E-state index is 9.87. The molecule has 0 fully saturated rings. The van der Waals surface area contributed by atoms with Gasteiger partial charge in [-0.25, -0.2) is 0 Å². The van der Waals surface area contributed by atoms with Crippen LogP contribution in [0.5, 0.6) is 0 Å². The van der Waals surface area contributed by atoms with Crippen LogP contribution in [0.3, 0.4) is 0 Å². The zero-order valence-corrected chi connectivity index (χ0v) is 10.6. The van der Waals surface area contributed by atoms with Crippen molar-refractivity contribution in [1.29, 1.82) is 0 Å². The normalized spacial score (nSPS) is 9.90. The SMILES string of the molecule is CC(=[C-]C(=O)O)C(=O)O.[Rb+]. The van der Waals surface area contributed by atoms with Gasteiger partial charge in [0.05, 0.1) is 0 Å². The summed E-state index contributed by atoms with van der Waals surface area (Å²) in [5, 5.41) is 16.0. The summed E-state index contributed by atoms with van der Waals surface area (Å²) in [6.45, 7) is 1.16. The molecule has 0 bridgehead atoms. The minimum Gasteiger partial charge on any atom is -0.562 e. The minimum atomic E-state index is -1.37. The summed E-state index contributed by atoms with van der Waals surface area (Å²) in [4.78, 5) is 19.6. The van der Waals surface area contributed by atoms with Crippen LogP contribution in [0.4, 0.5) is 0 Å². The summed E-state index contributed by atoms with van der Waals surface area (Å²) < 4.78 is 0. The van der Waals surface area contributed by atoms with Crippen LogP contribution in [0.25, 0.3) is 0 Å². The smallest absolute Gasteiger partial charge is 0.562 e. The van der Waals surface area contributed by atoms with Gasteiger partial charge in [0.25, 0.3) is 0 Å². The first-order valence-corrected chi connectivity index (χ1v) is 2.11. The number of carboxylic acids is 2. The first-order valence-electron chi connectivity index (χ1n) is 2.11. The molecule has 5 heteroatoms. The molecule has 0 aliphatic rings. The van der Waals surface area contributed by atoms with E-state index in [9.17, 15) is 9.59 Å². The Labute approximate surface area is 107 Å². The molecular weight excluding hydrogens is 210 g/mol. The first kappa shape index (κ1) is 13.1.